The van der Waals surface area contributed by atoms with Crippen LogP contribution in [-0.2, 0) is 0 Å². The maximum absolute atomic E-state index is 12.5. The van der Waals surface area contributed by atoms with Crippen molar-refractivity contribution >= 4 is 0 Å². The first-order chi connectivity index (χ1) is 8.92. The van der Waals surface area contributed by atoms with E-state index in [0.717, 1.165) is 19.0 Å². The van der Waals surface area contributed by atoms with Crippen molar-refractivity contribution in [1.29, 1.82) is 0 Å². The second-order valence-electron chi connectivity index (χ2n) is 6.40. The summed E-state index contributed by atoms with van der Waals surface area (Å²) in [6, 6.07) is 0.228. The molecule has 1 saturated carbocycles. The molecular weight excluding hydrogens is 253 g/mol. The molecule has 112 valence electrons. The predicted octanol–water partition coefficient (Wildman–Crippen LogP) is 3.04. The first kappa shape index (κ1) is 15.1. The maximum Gasteiger partial charge on any atom is 0.389 e. The summed E-state index contributed by atoms with van der Waals surface area (Å²) in [4.78, 5) is 2.03. The topological polar surface area (TPSA) is 15.3 Å². The van der Waals surface area contributed by atoms with E-state index in [4.69, 9.17) is 0 Å². The highest BCUT2D eigenvalue weighted by Gasteiger charge is 2.35. The Kier molecular flexibility index (Phi) is 5.12. The van der Waals surface area contributed by atoms with Gasteiger partial charge >= 0.3 is 6.18 Å². The van der Waals surface area contributed by atoms with Gasteiger partial charge in [-0.2, -0.15) is 13.2 Å². The van der Waals surface area contributed by atoms with Crippen LogP contribution in [-0.4, -0.2) is 43.8 Å². The molecule has 0 aromatic rings. The Bertz CT molecular complexity index is 274. The van der Waals surface area contributed by atoms with Gasteiger partial charge in [0.2, 0.25) is 0 Å². The molecule has 1 heterocycles. The first-order valence-corrected chi connectivity index (χ1v) is 7.41. The summed E-state index contributed by atoms with van der Waals surface area (Å²) in [7, 11) is 1.92. The highest BCUT2D eigenvalue weighted by atomic mass is 19.4. The number of alkyl halides is 3. The van der Waals surface area contributed by atoms with Crippen LogP contribution in [0.15, 0.2) is 0 Å². The van der Waals surface area contributed by atoms with E-state index in [2.05, 4.69) is 5.32 Å². The quantitative estimate of drug-likeness (QED) is 0.850. The van der Waals surface area contributed by atoms with E-state index in [1.54, 1.807) is 0 Å². The van der Waals surface area contributed by atoms with Crippen molar-refractivity contribution in [2.75, 3.05) is 26.7 Å². The average molecular weight is 278 g/mol. The minimum absolute atomic E-state index is 0.228. The van der Waals surface area contributed by atoms with Gasteiger partial charge < -0.3 is 10.2 Å². The lowest BCUT2D eigenvalue weighted by Crippen LogP contribution is -2.49. The number of piperidine rings is 1. The summed E-state index contributed by atoms with van der Waals surface area (Å²) in [5.41, 5.74) is 0. The Hall–Kier alpha value is -0.290. The summed E-state index contributed by atoms with van der Waals surface area (Å²) >= 11 is 0. The van der Waals surface area contributed by atoms with E-state index in [9.17, 15) is 13.2 Å². The van der Waals surface area contributed by atoms with Crippen molar-refractivity contribution in [3.05, 3.63) is 0 Å². The molecule has 1 aliphatic carbocycles. The molecule has 1 N–H and O–H groups in total. The largest absolute Gasteiger partial charge is 0.389 e. The van der Waals surface area contributed by atoms with Gasteiger partial charge in [0.25, 0.3) is 0 Å². The molecule has 1 aliphatic heterocycles. The molecule has 19 heavy (non-hydrogen) atoms. The van der Waals surface area contributed by atoms with Crippen LogP contribution in [0.5, 0.6) is 0 Å². The van der Waals surface area contributed by atoms with E-state index in [1.165, 1.54) is 25.7 Å². The van der Waals surface area contributed by atoms with E-state index < -0.39 is 12.6 Å². The van der Waals surface area contributed by atoms with Crippen molar-refractivity contribution in [2.45, 2.75) is 50.7 Å². The zero-order valence-corrected chi connectivity index (χ0v) is 11.7. The lowest BCUT2D eigenvalue weighted by atomic mass is 9.91. The fourth-order valence-corrected chi connectivity index (χ4v) is 3.61. The third-order valence-corrected chi connectivity index (χ3v) is 4.41. The van der Waals surface area contributed by atoms with Crippen LogP contribution >= 0.6 is 0 Å². The van der Waals surface area contributed by atoms with Crippen LogP contribution in [0.3, 0.4) is 0 Å². The zero-order chi connectivity index (χ0) is 13.9. The molecule has 5 heteroatoms. The van der Waals surface area contributed by atoms with Gasteiger partial charge in [-0.3, -0.25) is 0 Å². The van der Waals surface area contributed by atoms with Gasteiger partial charge in [0.15, 0.2) is 0 Å². The summed E-state index contributed by atoms with van der Waals surface area (Å²) in [5, 5.41) is 3.50. The van der Waals surface area contributed by atoms with Gasteiger partial charge in [0.1, 0.15) is 0 Å². The molecule has 0 radical (unpaired) electrons. The van der Waals surface area contributed by atoms with E-state index >= 15 is 0 Å². The molecular formula is C14H25F3N2. The normalized spacial score (nSPS) is 30.9. The number of nitrogens with one attached hydrogen (secondary N) is 1. The molecule has 0 aromatic heterocycles. The maximum atomic E-state index is 12.5. The summed E-state index contributed by atoms with van der Waals surface area (Å²) in [6.07, 6.45) is 1.18. The summed E-state index contributed by atoms with van der Waals surface area (Å²) in [6.45, 7) is 2.43. The molecule has 2 fully saturated rings. The number of likely N-dealkylation sites (N-methyl/N-ethyl adjacent to an activating group) is 1. The lowest BCUT2D eigenvalue weighted by molar-refractivity contribution is -0.148. The van der Waals surface area contributed by atoms with Gasteiger partial charge in [-0.05, 0) is 44.7 Å². The molecule has 1 saturated heterocycles. The second-order valence-corrected chi connectivity index (χ2v) is 6.40. The van der Waals surface area contributed by atoms with Gasteiger partial charge in [0, 0.05) is 25.6 Å². The van der Waals surface area contributed by atoms with Crippen LogP contribution in [0.25, 0.3) is 0 Å². The Morgan fingerprint density at radius 2 is 1.79 bits per heavy atom. The van der Waals surface area contributed by atoms with E-state index in [-0.39, 0.29) is 12.0 Å². The van der Waals surface area contributed by atoms with Crippen LogP contribution < -0.4 is 5.32 Å². The van der Waals surface area contributed by atoms with Gasteiger partial charge in [-0.25, -0.2) is 0 Å². The SMILES string of the molecule is CN1CC(CC(F)(F)F)CC(NCC2CCCC2)C1. The lowest BCUT2D eigenvalue weighted by Gasteiger charge is -2.37. The van der Waals surface area contributed by atoms with Gasteiger partial charge in [-0.1, -0.05) is 12.8 Å². The fourth-order valence-electron chi connectivity index (χ4n) is 3.61. The third-order valence-electron chi connectivity index (χ3n) is 4.41. The molecule has 0 amide bonds. The molecule has 0 bridgehead atoms. The highest BCUT2D eigenvalue weighted by Crippen LogP contribution is 2.30. The van der Waals surface area contributed by atoms with E-state index in [1.807, 2.05) is 11.9 Å². The minimum Gasteiger partial charge on any atom is -0.312 e. The Balaban J connectivity index is 1.76. The number of hydrogen-bond donors (Lipinski definition) is 1. The standard InChI is InChI=1S/C14H25F3N2/c1-19-9-12(7-14(15,16)17)6-13(10-19)18-8-11-4-2-3-5-11/h11-13,18H,2-10H2,1H3. The second kappa shape index (κ2) is 6.44. The third kappa shape index (κ3) is 5.30. The van der Waals surface area contributed by atoms with Crippen molar-refractivity contribution in [1.82, 2.24) is 10.2 Å². The van der Waals surface area contributed by atoms with Crippen molar-refractivity contribution in [3.63, 3.8) is 0 Å². The zero-order valence-electron chi connectivity index (χ0n) is 11.7. The van der Waals surface area contributed by atoms with E-state index in [0.29, 0.717) is 13.0 Å². The molecule has 2 rings (SSSR count). The van der Waals surface area contributed by atoms with Crippen molar-refractivity contribution < 1.29 is 13.2 Å². The van der Waals surface area contributed by atoms with Crippen LogP contribution in [0.2, 0.25) is 0 Å². The Labute approximate surface area is 113 Å². The fraction of sp³-hybridized carbons (Fsp3) is 1.00. The number of nitrogens with zero attached hydrogens (tertiary/aromatic N) is 1. The van der Waals surface area contributed by atoms with Crippen LogP contribution in [0.4, 0.5) is 13.2 Å². The Morgan fingerprint density at radius 1 is 1.11 bits per heavy atom. The monoisotopic (exact) mass is 278 g/mol. The highest BCUT2D eigenvalue weighted by molar-refractivity contribution is 4.84. The number of likely N-dealkylation sites (tertiary alicyclic amines) is 1. The Morgan fingerprint density at radius 3 is 2.42 bits per heavy atom. The van der Waals surface area contributed by atoms with Crippen LogP contribution in [0, 0.1) is 11.8 Å². The number of rotatable bonds is 4. The summed E-state index contributed by atoms with van der Waals surface area (Å²) < 4.78 is 37.5. The van der Waals surface area contributed by atoms with Gasteiger partial charge in [0.05, 0.1) is 0 Å². The van der Waals surface area contributed by atoms with Crippen molar-refractivity contribution in [3.8, 4) is 0 Å². The first-order valence-electron chi connectivity index (χ1n) is 7.41. The molecule has 0 spiro atoms. The molecule has 2 nitrogen and oxygen atoms in total. The minimum atomic E-state index is -4.03. The van der Waals surface area contributed by atoms with Gasteiger partial charge in [-0.15, -0.1) is 0 Å². The smallest absolute Gasteiger partial charge is 0.312 e. The number of halogens is 3. The average Bonchev–Trinajstić information content (AvgIpc) is 2.75. The molecule has 2 aliphatic rings. The molecule has 2 unspecified atom stereocenters. The molecule has 0 aromatic carbocycles. The van der Waals surface area contributed by atoms with Crippen LogP contribution in [0.1, 0.15) is 38.5 Å². The van der Waals surface area contributed by atoms with Crippen molar-refractivity contribution in [2.24, 2.45) is 11.8 Å². The molecule has 2 atom stereocenters. The predicted molar refractivity (Wildman–Crippen MR) is 70.0 cm³/mol. The summed E-state index contributed by atoms with van der Waals surface area (Å²) in [5.74, 6) is 0.494. The number of hydrogen-bond acceptors (Lipinski definition) is 2.